The molecule has 3 heterocycles. The minimum atomic E-state index is -0.376. The van der Waals surface area contributed by atoms with Crippen molar-refractivity contribution in [1.29, 1.82) is 0 Å². The standard InChI is InChI=1S/C14H17N3O3/c1-2-20-14(18)11-9-15-17-6-3-12(16-13(11)17)10-4-7-19-8-5-10/h3,6,9-10H,2,4-5,7-8H2,1H3. The molecular weight excluding hydrogens is 258 g/mol. The Morgan fingerprint density at radius 2 is 2.30 bits per heavy atom. The molecule has 0 saturated carbocycles. The van der Waals surface area contributed by atoms with Crippen LogP contribution < -0.4 is 0 Å². The van der Waals surface area contributed by atoms with Gasteiger partial charge >= 0.3 is 5.97 Å². The van der Waals surface area contributed by atoms with Crippen molar-refractivity contribution in [1.82, 2.24) is 14.6 Å². The second-order valence-corrected chi connectivity index (χ2v) is 4.79. The summed E-state index contributed by atoms with van der Waals surface area (Å²) in [5.41, 5.74) is 1.97. The van der Waals surface area contributed by atoms with E-state index in [0.29, 0.717) is 23.7 Å². The topological polar surface area (TPSA) is 65.7 Å². The van der Waals surface area contributed by atoms with E-state index in [4.69, 9.17) is 9.47 Å². The lowest BCUT2D eigenvalue weighted by atomic mass is 9.96. The molecule has 1 aliphatic heterocycles. The highest BCUT2D eigenvalue weighted by molar-refractivity contribution is 5.95. The van der Waals surface area contributed by atoms with Crippen LogP contribution in [0.4, 0.5) is 0 Å². The third-order valence-electron chi connectivity index (χ3n) is 3.53. The number of hydrogen-bond donors (Lipinski definition) is 0. The van der Waals surface area contributed by atoms with Crippen LogP contribution in [0.1, 0.15) is 41.7 Å². The van der Waals surface area contributed by atoms with Crippen LogP contribution in [0.25, 0.3) is 5.65 Å². The molecule has 1 fully saturated rings. The van der Waals surface area contributed by atoms with E-state index in [1.54, 1.807) is 11.4 Å². The summed E-state index contributed by atoms with van der Waals surface area (Å²) in [4.78, 5) is 16.5. The van der Waals surface area contributed by atoms with E-state index >= 15 is 0 Å². The highest BCUT2D eigenvalue weighted by Gasteiger charge is 2.20. The van der Waals surface area contributed by atoms with Crippen LogP contribution in [0.3, 0.4) is 0 Å². The summed E-state index contributed by atoms with van der Waals surface area (Å²) < 4.78 is 12.0. The third kappa shape index (κ3) is 2.38. The first-order valence-electron chi connectivity index (χ1n) is 6.88. The van der Waals surface area contributed by atoms with Crippen molar-refractivity contribution in [3.63, 3.8) is 0 Å². The van der Waals surface area contributed by atoms with Gasteiger partial charge in [0.05, 0.1) is 12.8 Å². The van der Waals surface area contributed by atoms with Gasteiger partial charge in [-0.2, -0.15) is 5.10 Å². The van der Waals surface area contributed by atoms with Crippen LogP contribution >= 0.6 is 0 Å². The minimum Gasteiger partial charge on any atom is -0.462 e. The highest BCUT2D eigenvalue weighted by Crippen LogP contribution is 2.26. The van der Waals surface area contributed by atoms with Gasteiger partial charge < -0.3 is 9.47 Å². The van der Waals surface area contributed by atoms with Gasteiger partial charge in [0.15, 0.2) is 5.65 Å². The van der Waals surface area contributed by atoms with Gasteiger partial charge in [0.1, 0.15) is 5.56 Å². The molecule has 0 atom stereocenters. The molecule has 0 radical (unpaired) electrons. The number of esters is 1. The lowest BCUT2D eigenvalue weighted by Crippen LogP contribution is -2.15. The number of fused-ring (bicyclic) bond motifs is 1. The lowest BCUT2D eigenvalue weighted by molar-refractivity contribution is 0.0528. The Morgan fingerprint density at radius 1 is 1.50 bits per heavy atom. The smallest absolute Gasteiger partial charge is 0.343 e. The Kier molecular flexibility index (Phi) is 3.64. The first kappa shape index (κ1) is 13.1. The number of aromatic nitrogens is 3. The van der Waals surface area contributed by atoms with Gasteiger partial charge in [-0.15, -0.1) is 0 Å². The van der Waals surface area contributed by atoms with Gasteiger partial charge in [0.25, 0.3) is 0 Å². The number of carbonyl (C=O) groups excluding carboxylic acids is 1. The molecular formula is C14H17N3O3. The van der Waals surface area contributed by atoms with Crippen LogP contribution in [-0.4, -0.2) is 40.4 Å². The molecule has 106 valence electrons. The third-order valence-corrected chi connectivity index (χ3v) is 3.53. The van der Waals surface area contributed by atoms with Gasteiger partial charge in [-0.1, -0.05) is 0 Å². The van der Waals surface area contributed by atoms with Gasteiger partial charge in [0, 0.05) is 31.0 Å². The van der Waals surface area contributed by atoms with Gasteiger partial charge in [-0.3, -0.25) is 0 Å². The zero-order valence-corrected chi connectivity index (χ0v) is 11.4. The van der Waals surface area contributed by atoms with Crippen molar-refractivity contribution in [2.24, 2.45) is 0 Å². The predicted octanol–water partition coefficient (Wildman–Crippen LogP) is 1.80. The molecule has 0 unspecified atom stereocenters. The summed E-state index contributed by atoms with van der Waals surface area (Å²) >= 11 is 0. The van der Waals surface area contributed by atoms with Crippen molar-refractivity contribution >= 4 is 11.6 Å². The average Bonchev–Trinajstić information content (AvgIpc) is 2.91. The molecule has 2 aromatic rings. The Labute approximate surface area is 116 Å². The van der Waals surface area contributed by atoms with Crippen molar-refractivity contribution in [2.75, 3.05) is 19.8 Å². The number of nitrogens with zero attached hydrogens (tertiary/aromatic N) is 3. The first-order chi connectivity index (χ1) is 9.79. The molecule has 0 N–H and O–H groups in total. The molecule has 2 aromatic heterocycles. The monoisotopic (exact) mass is 275 g/mol. The van der Waals surface area contributed by atoms with E-state index in [2.05, 4.69) is 10.1 Å². The van der Waals surface area contributed by atoms with Crippen LogP contribution in [0.5, 0.6) is 0 Å². The molecule has 6 nitrogen and oxygen atoms in total. The second-order valence-electron chi connectivity index (χ2n) is 4.79. The van der Waals surface area contributed by atoms with Crippen molar-refractivity contribution in [2.45, 2.75) is 25.7 Å². The van der Waals surface area contributed by atoms with Crippen LogP contribution in [0.15, 0.2) is 18.5 Å². The zero-order chi connectivity index (χ0) is 13.9. The van der Waals surface area contributed by atoms with E-state index in [1.807, 2.05) is 12.3 Å². The van der Waals surface area contributed by atoms with Crippen LogP contribution in [-0.2, 0) is 9.47 Å². The predicted molar refractivity (Wildman–Crippen MR) is 71.7 cm³/mol. The van der Waals surface area contributed by atoms with Crippen LogP contribution in [0, 0.1) is 0 Å². The minimum absolute atomic E-state index is 0.343. The Balaban J connectivity index is 1.96. The molecule has 20 heavy (non-hydrogen) atoms. The highest BCUT2D eigenvalue weighted by atomic mass is 16.5. The van der Waals surface area contributed by atoms with E-state index in [0.717, 1.165) is 31.7 Å². The quantitative estimate of drug-likeness (QED) is 0.799. The van der Waals surface area contributed by atoms with Crippen LogP contribution in [0.2, 0.25) is 0 Å². The van der Waals surface area contributed by atoms with E-state index in [9.17, 15) is 4.79 Å². The maximum atomic E-state index is 11.9. The number of rotatable bonds is 3. The number of ether oxygens (including phenoxy) is 2. The fourth-order valence-electron chi connectivity index (χ4n) is 2.46. The number of carbonyl (C=O) groups is 1. The van der Waals surface area contributed by atoms with Crippen molar-refractivity contribution in [3.8, 4) is 0 Å². The Hall–Kier alpha value is -1.95. The summed E-state index contributed by atoms with van der Waals surface area (Å²) in [7, 11) is 0. The zero-order valence-electron chi connectivity index (χ0n) is 11.4. The fraction of sp³-hybridized carbons (Fsp3) is 0.500. The summed E-state index contributed by atoms with van der Waals surface area (Å²) in [5.74, 6) is 0.0119. The van der Waals surface area contributed by atoms with E-state index in [-0.39, 0.29) is 5.97 Å². The van der Waals surface area contributed by atoms with E-state index in [1.165, 1.54) is 6.20 Å². The molecule has 1 saturated heterocycles. The molecule has 0 spiro atoms. The SMILES string of the molecule is CCOC(=O)c1cnn2ccc(C3CCOCC3)nc12. The maximum absolute atomic E-state index is 11.9. The normalized spacial score (nSPS) is 16.4. The molecule has 0 aromatic carbocycles. The second kappa shape index (κ2) is 5.58. The largest absolute Gasteiger partial charge is 0.462 e. The lowest BCUT2D eigenvalue weighted by Gasteiger charge is -2.21. The molecule has 1 aliphatic rings. The van der Waals surface area contributed by atoms with Crippen molar-refractivity contribution < 1.29 is 14.3 Å². The Morgan fingerprint density at radius 3 is 3.05 bits per heavy atom. The van der Waals surface area contributed by atoms with Crippen molar-refractivity contribution in [3.05, 3.63) is 29.7 Å². The number of hydrogen-bond acceptors (Lipinski definition) is 5. The van der Waals surface area contributed by atoms with Gasteiger partial charge in [0.2, 0.25) is 0 Å². The fourth-order valence-corrected chi connectivity index (χ4v) is 2.46. The molecule has 6 heteroatoms. The van der Waals surface area contributed by atoms with Gasteiger partial charge in [-0.05, 0) is 25.8 Å². The first-order valence-corrected chi connectivity index (χ1v) is 6.88. The Bertz CT molecular complexity index is 617. The summed E-state index contributed by atoms with van der Waals surface area (Å²) in [6.07, 6.45) is 5.28. The summed E-state index contributed by atoms with van der Waals surface area (Å²) in [6.45, 7) is 3.66. The molecule has 0 aliphatic carbocycles. The van der Waals surface area contributed by atoms with E-state index < -0.39 is 0 Å². The summed E-state index contributed by atoms with van der Waals surface area (Å²) in [6, 6.07) is 1.96. The maximum Gasteiger partial charge on any atom is 0.343 e. The summed E-state index contributed by atoms with van der Waals surface area (Å²) in [5, 5.41) is 4.14. The molecule has 0 amide bonds. The average molecular weight is 275 g/mol. The molecule has 0 bridgehead atoms. The van der Waals surface area contributed by atoms with Gasteiger partial charge in [-0.25, -0.2) is 14.3 Å². The molecule has 3 rings (SSSR count).